The van der Waals surface area contributed by atoms with Crippen molar-refractivity contribution in [2.45, 2.75) is 13.3 Å². The van der Waals surface area contributed by atoms with Crippen LogP contribution in [0.3, 0.4) is 0 Å². The van der Waals surface area contributed by atoms with E-state index in [-0.39, 0.29) is 5.82 Å². The number of hydrogen-bond acceptors (Lipinski definition) is 0. The number of halogens is 1. The molecular weight excluding hydrogens is 211 g/mol. The maximum Gasteiger partial charge on any atom is 0.131 e. The standard InChI is InChI=1S/C16H15F/c1-2-3-7-13-10-11-15(16(17)12-13)14-8-5-4-6-9-14/h2-6,8-12H,7H2,1H3. The normalized spacial score (nSPS) is 10.9. The molecule has 0 saturated heterocycles. The molecule has 0 fully saturated rings. The van der Waals surface area contributed by atoms with E-state index in [1.54, 1.807) is 6.07 Å². The van der Waals surface area contributed by atoms with E-state index < -0.39 is 0 Å². The van der Waals surface area contributed by atoms with Crippen LogP contribution in [0.5, 0.6) is 0 Å². The molecule has 2 rings (SSSR count). The lowest BCUT2D eigenvalue weighted by Crippen LogP contribution is -1.88. The monoisotopic (exact) mass is 226 g/mol. The second-order valence-corrected chi connectivity index (χ2v) is 3.95. The van der Waals surface area contributed by atoms with Gasteiger partial charge in [-0.1, -0.05) is 54.6 Å². The molecule has 17 heavy (non-hydrogen) atoms. The third kappa shape index (κ3) is 2.82. The lowest BCUT2D eigenvalue weighted by Gasteiger charge is -2.05. The minimum absolute atomic E-state index is 0.154. The Bertz CT molecular complexity index is 512. The third-order valence-electron chi connectivity index (χ3n) is 2.71. The molecule has 0 N–H and O–H groups in total. The van der Waals surface area contributed by atoms with E-state index in [0.717, 1.165) is 17.5 Å². The summed E-state index contributed by atoms with van der Waals surface area (Å²) in [6, 6.07) is 15.1. The topological polar surface area (TPSA) is 0 Å². The molecule has 0 aromatic heterocycles. The van der Waals surface area contributed by atoms with E-state index in [0.29, 0.717) is 5.56 Å². The zero-order chi connectivity index (χ0) is 12.1. The molecule has 1 heteroatoms. The first-order valence-electron chi connectivity index (χ1n) is 5.76. The summed E-state index contributed by atoms with van der Waals surface area (Å²) in [4.78, 5) is 0. The predicted octanol–water partition coefficient (Wildman–Crippen LogP) is 4.61. The van der Waals surface area contributed by atoms with Gasteiger partial charge in [0, 0.05) is 5.56 Å². The Labute approximate surface area is 101 Å². The lowest BCUT2D eigenvalue weighted by molar-refractivity contribution is 0.629. The SMILES string of the molecule is CC=CCc1ccc(-c2ccccc2)c(F)c1. The van der Waals surface area contributed by atoms with Crippen LogP contribution in [-0.4, -0.2) is 0 Å². The molecule has 0 amide bonds. The molecule has 0 unspecified atom stereocenters. The minimum atomic E-state index is -0.154. The molecule has 0 aliphatic rings. The van der Waals surface area contributed by atoms with Crippen molar-refractivity contribution in [1.29, 1.82) is 0 Å². The van der Waals surface area contributed by atoms with Crippen LogP contribution in [0.4, 0.5) is 4.39 Å². The van der Waals surface area contributed by atoms with Gasteiger partial charge in [-0.25, -0.2) is 4.39 Å². The van der Waals surface area contributed by atoms with Crippen LogP contribution in [0.15, 0.2) is 60.7 Å². The summed E-state index contributed by atoms with van der Waals surface area (Å²) in [5.41, 5.74) is 2.58. The van der Waals surface area contributed by atoms with Gasteiger partial charge in [0.15, 0.2) is 0 Å². The van der Waals surface area contributed by atoms with Crippen molar-refractivity contribution < 1.29 is 4.39 Å². The number of benzene rings is 2. The van der Waals surface area contributed by atoms with Gasteiger partial charge < -0.3 is 0 Å². The predicted molar refractivity (Wildman–Crippen MR) is 70.4 cm³/mol. The zero-order valence-corrected chi connectivity index (χ0v) is 9.86. The smallest absolute Gasteiger partial charge is 0.131 e. The summed E-state index contributed by atoms with van der Waals surface area (Å²) in [5, 5.41) is 0. The molecule has 0 aliphatic heterocycles. The molecule has 0 aliphatic carbocycles. The van der Waals surface area contributed by atoms with Gasteiger partial charge in [0.2, 0.25) is 0 Å². The first kappa shape index (κ1) is 11.6. The zero-order valence-electron chi connectivity index (χ0n) is 9.86. The number of hydrogen-bond donors (Lipinski definition) is 0. The minimum Gasteiger partial charge on any atom is -0.206 e. The van der Waals surface area contributed by atoms with Crippen molar-refractivity contribution in [1.82, 2.24) is 0 Å². The Balaban J connectivity index is 2.32. The van der Waals surface area contributed by atoms with Crippen molar-refractivity contribution in [3.8, 4) is 11.1 Å². The Morgan fingerprint density at radius 2 is 1.82 bits per heavy atom. The van der Waals surface area contributed by atoms with Crippen molar-refractivity contribution in [2.75, 3.05) is 0 Å². The van der Waals surface area contributed by atoms with E-state index >= 15 is 0 Å². The fourth-order valence-electron chi connectivity index (χ4n) is 1.79. The van der Waals surface area contributed by atoms with Crippen molar-refractivity contribution in [3.05, 3.63) is 72.1 Å². The Morgan fingerprint density at radius 3 is 2.47 bits per heavy atom. The molecular formula is C16H15F. The number of rotatable bonds is 3. The van der Waals surface area contributed by atoms with Gasteiger partial charge in [-0.3, -0.25) is 0 Å². The maximum atomic E-state index is 13.9. The molecule has 0 nitrogen and oxygen atoms in total. The highest BCUT2D eigenvalue weighted by Crippen LogP contribution is 2.23. The fourth-order valence-corrected chi connectivity index (χ4v) is 1.79. The van der Waals surface area contributed by atoms with Crippen LogP contribution in [0.25, 0.3) is 11.1 Å². The highest BCUT2D eigenvalue weighted by molar-refractivity contribution is 5.64. The second-order valence-electron chi connectivity index (χ2n) is 3.95. The van der Waals surface area contributed by atoms with Gasteiger partial charge in [-0.2, -0.15) is 0 Å². The highest BCUT2D eigenvalue weighted by atomic mass is 19.1. The van der Waals surface area contributed by atoms with E-state index in [9.17, 15) is 4.39 Å². The fraction of sp³-hybridized carbons (Fsp3) is 0.125. The van der Waals surface area contributed by atoms with E-state index in [2.05, 4.69) is 0 Å². The maximum absolute atomic E-state index is 13.9. The molecule has 0 radical (unpaired) electrons. The quantitative estimate of drug-likeness (QED) is 0.670. The van der Waals surface area contributed by atoms with Gasteiger partial charge in [-0.15, -0.1) is 0 Å². The molecule has 0 atom stereocenters. The number of allylic oxidation sites excluding steroid dienone is 2. The highest BCUT2D eigenvalue weighted by Gasteiger charge is 2.04. The molecule has 0 saturated carbocycles. The van der Waals surface area contributed by atoms with Crippen LogP contribution in [-0.2, 0) is 6.42 Å². The van der Waals surface area contributed by atoms with Crippen molar-refractivity contribution in [3.63, 3.8) is 0 Å². The largest absolute Gasteiger partial charge is 0.206 e. The first-order chi connectivity index (χ1) is 8.31. The third-order valence-corrected chi connectivity index (χ3v) is 2.71. The van der Waals surface area contributed by atoms with Crippen molar-refractivity contribution in [2.24, 2.45) is 0 Å². The summed E-state index contributed by atoms with van der Waals surface area (Å²) >= 11 is 0. The average molecular weight is 226 g/mol. The van der Waals surface area contributed by atoms with Gasteiger partial charge in [0.05, 0.1) is 0 Å². The molecule has 86 valence electrons. The molecule has 2 aromatic carbocycles. The van der Waals surface area contributed by atoms with Crippen LogP contribution < -0.4 is 0 Å². The summed E-state index contributed by atoms with van der Waals surface area (Å²) in [5.74, 6) is -0.154. The lowest BCUT2D eigenvalue weighted by atomic mass is 10.0. The van der Waals surface area contributed by atoms with Crippen LogP contribution in [0, 0.1) is 5.82 Å². The van der Waals surface area contributed by atoms with Crippen LogP contribution in [0.2, 0.25) is 0 Å². The summed E-state index contributed by atoms with van der Waals surface area (Å²) in [7, 11) is 0. The average Bonchev–Trinajstić information content (AvgIpc) is 2.37. The van der Waals surface area contributed by atoms with Crippen LogP contribution >= 0.6 is 0 Å². The van der Waals surface area contributed by atoms with Gasteiger partial charge >= 0.3 is 0 Å². The van der Waals surface area contributed by atoms with Gasteiger partial charge in [0.1, 0.15) is 5.82 Å². The van der Waals surface area contributed by atoms with Crippen LogP contribution in [0.1, 0.15) is 12.5 Å². The van der Waals surface area contributed by atoms with E-state index in [1.807, 2.05) is 61.5 Å². The Kier molecular flexibility index (Phi) is 3.71. The Hall–Kier alpha value is -1.89. The van der Waals surface area contributed by atoms with Crippen molar-refractivity contribution >= 4 is 0 Å². The van der Waals surface area contributed by atoms with Gasteiger partial charge in [-0.05, 0) is 30.5 Å². The second kappa shape index (κ2) is 5.44. The van der Waals surface area contributed by atoms with Gasteiger partial charge in [0.25, 0.3) is 0 Å². The first-order valence-corrected chi connectivity index (χ1v) is 5.76. The van der Waals surface area contributed by atoms with E-state index in [1.165, 1.54) is 0 Å². The molecule has 0 spiro atoms. The molecule has 0 bridgehead atoms. The summed E-state index contributed by atoms with van der Waals surface area (Å²) in [6.07, 6.45) is 4.78. The van der Waals surface area contributed by atoms with E-state index in [4.69, 9.17) is 0 Å². The molecule has 2 aromatic rings. The Morgan fingerprint density at radius 1 is 1.06 bits per heavy atom. The summed E-state index contributed by atoms with van der Waals surface area (Å²) in [6.45, 7) is 1.97. The summed E-state index contributed by atoms with van der Waals surface area (Å²) < 4.78 is 13.9. The molecule has 0 heterocycles.